The lowest BCUT2D eigenvalue weighted by molar-refractivity contribution is -0.167. The van der Waals surface area contributed by atoms with Crippen LogP contribution in [0.15, 0.2) is 85.1 Å². The van der Waals surface area contributed by atoms with E-state index in [-0.39, 0.29) is 31.1 Å². The Morgan fingerprint density at radius 2 is 0.481 bits per heavy atom. The van der Waals surface area contributed by atoms with Crippen LogP contribution in [-0.2, 0) is 28.6 Å². The van der Waals surface area contributed by atoms with Crippen molar-refractivity contribution in [2.45, 2.75) is 361 Å². The lowest BCUT2D eigenvalue weighted by Gasteiger charge is -2.18. The largest absolute Gasteiger partial charge is 0.462 e. The van der Waals surface area contributed by atoms with Crippen LogP contribution in [0, 0.1) is 0 Å². The Morgan fingerprint density at radius 3 is 0.765 bits per heavy atom. The van der Waals surface area contributed by atoms with Crippen molar-refractivity contribution < 1.29 is 28.6 Å². The van der Waals surface area contributed by atoms with E-state index in [1.54, 1.807) is 0 Å². The number of carbonyl (C=O) groups excluding carboxylic acids is 3. The van der Waals surface area contributed by atoms with Crippen molar-refractivity contribution in [1.29, 1.82) is 0 Å². The van der Waals surface area contributed by atoms with Crippen LogP contribution in [0.4, 0.5) is 0 Å². The van der Waals surface area contributed by atoms with Crippen molar-refractivity contribution in [3.8, 4) is 0 Å². The van der Waals surface area contributed by atoms with Gasteiger partial charge in [0, 0.05) is 19.3 Å². The van der Waals surface area contributed by atoms with Gasteiger partial charge in [-0.3, -0.25) is 14.4 Å². The second-order valence-electron chi connectivity index (χ2n) is 23.4. The molecule has 468 valence electrons. The van der Waals surface area contributed by atoms with E-state index in [4.69, 9.17) is 14.2 Å². The Kier molecular flexibility index (Phi) is 66.2. The highest BCUT2D eigenvalue weighted by Gasteiger charge is 2.19. The highest BCUT2D eigenvalue weighted by molar-refractivity contribution is 5.71. The van der Waals surface area contributed by atoms with Gasteiger partial charge in [-0.1, -0.05) is 305 Å². The number of ether oxygens (including phenoxy) is 3. The molecule has 0 aromatic carbocycles. The molecule has 81 heavy (non-hydrogen) atoms. The predicted molar refractivity (Wildman–Crippen MR) is 353 cm³/mol. The minimum atomic E-state index is -0.792. The summed E-state index contributed by atoms with van der Waals surface area (Å²) in [5.74, 6) is -0.904. The smallest absolute Gasteiger partial charge is 0.306 e. The van der Waals surface area contributed by atoms with Gasteiger partial charge in [-0.25, -0.2) is 0 Å². The van der Waals surface area contributed by atoms with Gasteiger partial charge in [0.15, 0.2) is 6.10 Å². The molecule has 6 heteroatoms. The molecule has 1 unspecified atom stereocenters. The third kappa shape index (κ3) is 67.3. The van der Waals surface area contributed by atoms with E-state index in [0.717, 1.165) is 96.3 Å². The molecule has 0 aliphatic rings. The molecule has 0 fully saturated rings. The lowest BCUT2D eigenvalue weighted by Crippen LogP contribution is -2.30. The first kappa shape index (κ1) is 77.6. The number of hydrogen-bond acceptors (Lipinski definition) is 6. The van der Waals surface area contributed by atoms with Crippen LogP contribution < -0.4 is 0 Å². The number of esters is 3. The Hall–Kier alpha value is -3.41. The molecule has 0 radical (unpaired) electrons. The van der Waals surface area contributed by atoms with Crippen LogP contribution in [0.1, 0.15) is 355 Å². The Balaban J connectivity index is 4.24. The molecule has 0 aromatic rings. The van der Waals surface area contributed by atoms with Crippen molar-refractivity contribution in [2.75, 3.05) is 13.2 Å². The average Bonchev–Trinajstić information content (AvgIpc) is 3.46. The van der Waals surface area contributed by atoms with Gasteiger partial charge >= 0.3 is 17.9 Å². The molecule has 0 amide bonds. The highest BCUT2D eigenvalue weighted by atomic mass is 16.6. The molecular weight excluding hydrogens is 997 g/mol. The van der Waals surface area contributed by atoms with Crippen LogP contribution in [0.2, 0.25) is 0 Å². The Labute approximate surface area is 503 Å². The van der Waals surface area contributed by atoms with E-state index in [1.807, 2.05) is 0 Å². The minimum absolute atomic E-state index is 0.0853. The molecule has 0 rings (SSSR count). The number of hydrogen-bond donors (Lipinski definition) is 0. The second kappa shape index (κ2) is 69.1. The molecule has 0 aromatic heterocycles. The van der Waals surface area contributed by atoms with Gasteiger partial charge in [-0.05, 0) is 116 Å². The summed E-state index contributed by atoms with van der Waals surface area (Å²) in [6, 6.07) is 0. The zero-order chi connectivity index (χ0) is 58.5. The SMILES string of the molecule is CC/C=C\C/C=C\C/C=C\CCCCCC(=O)OCC(COC(=O)CCCCCCCCCCCCCCCCCCC/C=C\C/C=C\CCCCCCC)OC(=O)CCCCCCCCCCC/C=C\C/C=C\CCCCCCC. The van der Waals surface area contributed by atoms with Crippen LogP contribution in [0.3, 0.4) is 0 Å². The molecule has 1 atom stereocenters. The van der Waals surface area contributed by atoms with Gasteiger partial charge in [0.05, 0.1) is 0 Å². The molecular formula is C75H132O6. The average molecular weight is 1130 g/mol. The first-order valence-corrected chi connectivity index (χ1v) is 35.1. The fraction of sp³-hybridized carbons (Fsp3) is 0.773. The summed E-state index contributed by atoms with van der Waals surface area (Å²) < 4.78 is 16.9. The highest BCUT2D eigenvalue weighted by Crippen LogP contribution is 2.17. The topological polar surface area (TPSA) is 78.9 Å². The summed E-state index contributed by atoms with van der Waals surface area (Å²) in [6.07, 6.45) is 91.9. The van der Waals surface area contributed by atoms with Gasteiger partial charge in [-0.15, -0.1) is 0 Å². The van der Waals surface area contributed by atoms with Crippen molar-refractivity contribution in [1.82, 2.24) is 0 Å². The molecule has 0 heterocycles. The normalized spacial score (nSPS) is 12.6. The minimum Gasteiger partial charge on any atom is -0.462 e. The van der Waals surface area contributed by atoms with Gasteiger partial charge in [0.2, 0.25) is 0 Å². The predicted octanol–water partition coefficient (Wildman–Crippen LogP) is 24.2. The zero-order valence-corrected chi connectivity index (χ0v) is 53.8. The van der Waals surface area contributed by atoms with Gasteiger partial charge < -0.3 is 14.2 Å². The number of rotatable bonds is 64. The number of carbonyl (C=O) groups is 3. The fourth-order valence-corrected chi connectivity index (χ4v) is 10.1. The Bertz CT molecular complexity index is 1530. The molecule has 0 aliphatic carbocycles. The van der Waals surface area contributed by atoms with Gasteiger partial charge in [0.1, 0.15) is 13.2 Å². The van der Waals surface area contributed by atoms with E-state index in [1.165, 1.54) is 218 Å². The van der Waals surface area contributed by atoms with Crippen molar-refractivity contribution >= 4 is 17.9 Å². The van der Waals surface area contributed by atoms with Crippen LogP contribution in [-0.4, -0.2) is 37.2 Å². The third-order valence-electron chi connectivity index (χ3n) is 15.4. The summed E-state index contributed by atoms with van der Waals surface area (Å²) in [4.78, 5) is 38.4. The van der Waals surface area contributed by atoms with E-state index in [2.05, 4.69) is 106 Å². The number of unbranched alkanes of at least 4 members (excludes halogenated alkanes) is 39. The van der Waals surface area contributed by atoms with E-state index >= 15 is 0 Å². The molecule has 0 N–H and O–H groups in total. The zero-order valence-electron chi connectivity index (χ0n) is 53.8. The molecule has 0 saturated heterocycles. The maximum atomic E-state index is 12.9. The molecule has 6 nitrogen and oxygen atoms in total. The van der Waals surface area contributed by atoms with Crippen molar-refractivity contribution in [2.24, 2.45) is 0 Å². The first-order valence-electron chi connectivity index (χ1n) is 35.1. The molecule has 0 bridgehead atoms. The molecule has 0 spiro atoms. The van der Waals surface area contributed by atoms with Crippen molar-refractivity contribution in [3.63, 3.8) is 0 Å². The summed E-state index contributed by atoms with van der Waals surface area (Å²) in [7, 11) is 0. The second-order valence-corrected chi connectivity index (χ2v) is 23.4. The number of allylic oxidation sites excluding steroid dienone is 14. The Morgan fingerprint density at radius 1 is 0.259 bits per heavy atom. The molecule has 0 saturated carbocycles. The first-order chi connectivity index (χ1) is 40.0. The van der Waals surface area contributed by atoms with Crippen LogP contribution in [0.5, 0.6) is 0 Å². The van der Waals surface area contributed by atoms with Crippen LogP contribution in [0.25, 0.3) is 0 Å². The lowest BCUT2D eigenvalue weighted by atomic mass is 10.0. The van der Waals surface area contributed by atoms with E-state index in [0.29, 0.717) is 19.3 Å². The third-order valence-corrected chi connectivity index (χ3v) is 15.4. The summed E-state index contributed by atoms with van der Waals surface area (Å²) in [5, 5.41) is 0. The van der Waals surface area contributed by atoms with Crippen LogP contribution >= 0.6 is 0 Å². The quantitative estimate of drug-likeness (QED) is 0.0261. The van der Waals surface area contributed by atoms with E-state index < -0.39 is 6.10 Å². The summed E-state index contributed by atoms with van der Waals surface area (Å²) >= 11 is 0. The summed E-state index contributed by atoms with van der Waals surface area (Å²) in [6.45, 7) is 6.52. The van der Waals surface area contributed by atoms with Crippen molar-refractivity contribution in [3.05, 3.63) is 85.1 Å². The maximum absolute atomic E-state index is 12.9. The van der Waals surface area contributed by atoms with E-state index in [9.17, 15) is 14.4 Å². The maximum Gasteiger partial charge on any atom is 0.306 e. The summed E-state index contributed by atoms with van der Waals surface area (Å²) in [5.41, 5.74) is 0. The fourth-order valence-electron chi connectivity index (χ4n) is 10.1. The monoisotopic (exact) mass is 1130 g/mol. The standard InChI is InChI=1S/C75H132O6/c1-4-7-10-13-16-19-22-25-27-29-31-33-34-35-36-37-38-39-40-42-43-45-47-50-53-56-59-62-65-68-74(77)80-71-72(70-79-73(76)67-64-61-58-55-52-49-24-21-18-15-12-9-6-3)81-75(78)69-66-63-60-57-54-51-48-46-44-41-32-30-28-26-23-20-17-14-11-8-5-2/h9,12,18,21-23,25-26,29-32,49,52,72H,4-8,10-11,13-17,19-20,24,27-28,33-48,50-51,53-71H2,1-3H3/b12-9-,21-18-,25-22-,26-23-,31-29-,32-30-,52-49-. The van der Waals surface area contributed by atoms with Gasteiger partial charge in [-0.2, -0.15) is 0 Å². The molecule has 0 aliphatic heterocycles. The van der Waals surface area contributed by atoms with Gasteiger partial charge in [0.25, 0.3) is 0 Å².